The van der Waals surface area contributed by atoms with Gasteiger partial charge in [-0.2, -0.15) is 0 Å². The molecule has 1 aromatic carbocycles. The molecular weight excluding hydrogens is 488 g/mol. The Labute approximate surface area is 220 Å². The molecule has 200 valence electrons. The quantitative estimate of drug-likeness (QED) is 0.373. The molecule has 1 fully saturated rings. The van der Waals surface area contributed by atoms with Crippen LogP contribution in [0.5, 0.6) is 5.75 Å². The van der Waals surface area contributed by atoms with Gasteiger partial charge in [0.05, 0.1) is 24.0 Å². The van der Waals surface area contributed by atoms with E-state index in [-0.39, 0.29) is 34.5 Å². The number of nitrogens with two attached hydrogens (primary N) is 1. The third-order valence-electron chi connectivity index (χ3n) is 7.77. The van der Waals surface area contributed by atoms with E-state index in [4.69, 9.17) is 10.2 Å². The summed E-state index contributed by atoms with van der Waals surface area (Å²) in [5.74, 6) is -5.40. The number of amides is 1. The Morgan fingerprint density at radius 3 is 2.55 bits per heavy atom. The summed E-state index contributed by atoms with van der Waals surface area (Å²) in [6.45, 7) is 7.30. The maximum atomic E-state index is 13.7. The van der Waals surface area contributed by atoms with Crippen LogP contribution >= 0.6 is 0 Å². The number of ketones is 2. The molecule has 6 N–H and O–H groups in total. The van der Waals surface area contributed by atoms with Gasteiger partial charge in [-0.3, -0.25) is 14.4 Å². The molecule has 1 saturated carbocycles. The number of hydrogen-bond donors (Lipinski definition) is 5. The number of fused-ring (bicyclic) bond motifs is 3. The Kier molecular flexibility index (Phi) is 6.22. The largest absolute Gasteiger partial charge is 0.511 e. The topological polar surface area (TPSA) is 163 Å². The van der Waals surface area contributed by atoms with Crippen molar-refractivity contribution in [2.75, 3.05) is 6.54 Å². The summed E-state index contributed by atoms with van der Waals surface area (Å²) in [6, 6.07) is 3.67. The lowest BCUT2D eigenvalue weighted by Crippen LogP contribution is -2.44. The molecule has 0 radical (unpaired) electrons. The minimum absolute atomic E-state index is 0.0142. The average Bonchev–Trinajstić information content (AvgIpc) is 3.33. The predicted octanol–water partition coefficient (Wildman–Crippen LogP) is 3.70. The van der Waals surface area contributed by atoms with Crippen LogP contribution in [0.15, 0.2) is 46.0 Å². The van der Waals surface area contributed by atoms with Gasteiger partial charge in [0.15, 0.2) is 11.6 Å². The standard InChI is InChI=1S/C29H32N2O7/c1-29(2,3)12-31-10-16-8-17(13-4-5-38-11-13)18-7-14-6-15-9-19(32)23(28(30)37)27(36)21(15)25(34)20(14)26(35)22(18)24(16)33/h4-5,8,11,14-15,21,31,33,35-36H,6-7,9-10,12H2,1-3H3,(H2,30,37)/t14-,15+,21?/m1/s1. The number of benzene rings is 1. The number of carbonyl (C=O) groups excluding carboxylic acids is 3. The van der Waals surface area contributed by atoms with E-state index in [0.29, 0.717) is 37.1 Å². The number of allylic oxidation sites excluding steroid dienone is 2. The van der Waals surface area contributed by atoms with E-state index >= 15 is 0 Å². The molecule has 3 aliphatic carbocycles. The fraction of sp³-hybridized carbons (Fsp3) is 0.414. The van der Waals surface area contributed by atoms with Crippen molar-refractivity contribution in [3.05, 3.63) is 58.3 Å². The van der Waals surface area contributed by atoms with Crippen molar-refractivity contribution in [1.82, 2.24) is 5.32 Å². The third kappa shape index (κ3) is 4.20. The zero-order chi connectivity index (χ0) is 27.5. The molecule has 38 heavy (non-hydrogen) atoms. The van der Waals surface area contributed by atoms with Gasteiger partial charge in [0, 0.05) is 36.2 Å². The fourth-order valence-corrected chi connectivity index (χ4v) is 6.15. The maximum Gasteiger partial charge on any atom is 0.255 e. The number of primary amides is 1. The Morgan fingerprint density at radius 2 is 1.92 bits per heavy atom. The number of aromatic hydroxyl groups is 1. The van der Waals surface area contributed by atoms with Gasteiger partial charge in [0.2, 0.25) is 0 Å². The number of nitrogens with one attached hydrogen (secondary N) is 1. The summed E-state index contributed by atoms with van der Waals surface area (Å²) in [5.41, 5.74) is 7.83. The Morgan fingerprint density at radius 1 is 1.18 bits per heavy atom. The Balaban J connectivity index is 1.64. The molecule has 1 unspecified atom stereocenters. The normalized spacial score (nSPS) is 23.3. The van der Waals surface area contributed by atoms with Crippen LogP contribution in [0.25, 0.3) is 16.9 Å². The monoisotopic (exact) mass is 520 g/mol. The summed E-state index contributed by atoms with van der Waals surface area (Å²) in [7, 11) is 0. The molecule has 3 atom stereocenters. The molecule has 1 amide bonds. The molecule has 0 saturated heterocycles. The van der Waals surface area contributed by atoms with Gasteiger partial charge in [-0.1, -0.05) is 20.8 Å². The van der Waals surface area contributed by atoms with Gasteiger partial charge >= 0.3 is 0 Å². The van der Waals surface area contributed by atoms with Gasteiger partial charge in [-0.05, 0) is 53.4 Å². The van der Waals surface area contributed by atoms with Crippen LogP contribution in [0.2, 0.25) is 0 Å². The van der Waals surface area contributed by atoms with Crippen LogP contribution in [-0.2, 0) is 27.3 Å². The van der Waals surface area contributed by atoms with Crippen molar-refractivity contribution in [2.45, 2.75) is 46.6 Å². The van der Waals surface area contributed by atoms with Gasteiger partial charge in [-0.25, -0.2) is 0 Å². The van der Waals surface area contributed by atoms with Gasteiger partial charge < -0.3 is 30.8 Å². The highest BCUT2D eigenvalue weighted by atomic mass is 16.3. The van der Waals surface area contributed by atoms with Gasteiger partial charge in [0.25, 0.3) is 5.91 Å². The fourth-order valence-electron chi connectivity index (χ4n) is 6.15. The van der Waals surface area contributed by atoms with Crippen molar-refractivity contribution in [2.24, 2.45) is 28.9 Å². The van der Waals surface area contributed by atoms with Crippen LogP contribution in [-0.4, -0.2) is 39.3 Å². The average molecular weight is 521 g/mol. The first kappa shape index (κ1) is 25.8. The molecule has 1 heterocycles. The SMILES string of the molecule is CC(C)(C)CNCc1cc(-c2ccoc2)c2c(c1O)C(O)=C1C(=O)C3C(O)=C(C(N)=O)C(=O)C[C@@H]3C[C@@H]1C2. The highest BCUT2D eigenvalue weighted by Gasteiger charge is 2.51. The first-order valence-electron chi connectivity index (χ1n) is 12.7. The zero-order valence-electron chi connectivity index (χ0n) is 21.6. The van der Waals surface area contributed by atoms with E-state index in [2.05, 4.69) is 26.1 Å². The first-order chi connectivity index (χ1) is 17.9. The minimum atomic E-state index is -1.14. The molecule has 5 rings (SSSR count). The summed E-state index contributed by atoms with van der Waals surface area (Å²) in [4.78, 5) is 38.0. The Hall–Kier alpha value is -3.85. The minimum Gasteiger partial charge on any atom is -0.511 e. The zero-order valence-corrected chi connectivity index (χ0v) is 21.6. The van der Waals surface area contributed by atoms with E-state index in [1.54, 1.807) is 18.6 Å². The van der Waals surface area contributed by atoms with Crippen LogP contribution in [0.3, 0.4) is 0 Å². The summed E-state index contributed by atoms with van der Waals surface area (Å²) < 4.78 is 5.32. The number of furan rings is 1. The summed E-state index contributed by atoms with van der Waals surface area (Å²) >= 11 is 0. The lowest BCUT2D eigenvalue weighted by molar-refractivity contribution is -0.127. The van der Waals surface area contributed by atoms with Gasteiger partial charge in [0.1, 0.15) is 22.8 Å². The van der Waals surface area contributed by atoms with Crippen molar-refractivity contribution in [3.63, 3.8) is 0 Å². The predicted molar refractivity (Wildman–Crippen MR) is 139 cm³/mol. The number of phenolic OH excluding ortho intramolecular Hbond substituents is 1. The molecule has 9 heteroatoms. The second kappa shape index (κ2) is 9.16. The summed E-state index contributed by atoms with van der Waals surface area (Å²) in [5, 5.41) is 36.9. The van der Waals surface area contributed by atoms with E-state index in [9.17, 15) is 29.7 Å². The first-order valence-corrected chi connectivity index (χ1v) is 12.7. The van der Waals surface area contributed by atoms with E-state index in [1.807, 2.05) is 6.07 Å². The second-order valence-corrected chi connectivity index (χ2v) is 11.7. The van der Waals surface area contributed by atoms with Crippen LogP contribution in [0.1, 0.15) is 50.3 Å². The highest BCUT2D eigenvalue weighted by molar-refractivity contribution is 6.21. The maximum absolute atomic E-state index is 13.7. The number of carbonyl (C=O) groups is 3. The van der Waals surface area contributed by atoms with Crippen LogP contribution in [0.4, 0.5) is 0 Å². The number of hydrogen-bond acceptors (Lipinski definition) is 8. The second-order valence-electron chi connectivity index (χ2n) is 11.7. The van der Waals surface area contributed by atoms with Crippen molar-refractivity contribution >= 4 is 23.2 Å². The van der Waals surface area contributed by atoms with Gasteiger partial charge in [-0.15, -0.1) is 0 Å². The molecular formula is C29H32N2O7. The molecule has 0 aliphatic heterocycles. The van der Waals surface area contributed by atoms with Crippen molar-refractivity contribution < 1.29 is 34.1 Å². The number of rotatable bonds is 5. The molecule has 1 aromatic heterocycles. The van der Waals surface area contributed by atoms with Crippen molar-refractivity contribution in [3.8, 4) is 16.9 Å². The van der Waals surface area contributed by atoms with E-state index in [0.717, 1.165) is 11.1 Å². The Bertz CT molecular complexity index is 1410. The number of phenols is 1. The summed E-state index contributed by atoms with van der Waals surface area (Å²) in [6.07, 6.45) is 3.73. The third-order valence-corrected chi connectivity index (χ3v) is 7.77. The number of Topliss-reactive ketones (excluding diaryl/α,β-unsaturated/α-hetero) is 2. The van der Waals surface area contributed by atoms with E-state index in [1.165, 1.54) is 0 Å². The lowest BCUT2D eigenvalue weighted by atomic mass is 9.61. The molecule has 2 aromatic rings. The van der Waals surface area contributed by atoms with Crippen molar-refractivity contribution in [1.29, 1.82) is 0 Å². The molecule has 0 bridgehead atoms. The number of aliphatic hydroxyl groups excluding tert-OH is 2. The smallest absolute Gasteiger partial charge is 0.255 e. The van der Waals surface area contributed by atoms with Crippen LogP contribution < -0.4 is 11.1 Å². The number of aliphatic hydroxyl groups is 2. The molecule has 9 nitrogen and oxygen atoms in total. The molecule has 3 aliphatic rings. The lowest BCUT2D eigenvalue weighted by Gasteiger charge is -2.41. The van der Waals surface area contributed by atoms with E-state index < -0.39 is 46.6 Å². The highest BCUT2D eigenvalue weighted by Crippen LogP contribution is 2.52. The molecule has 0 spiro atoms. The van der Waals surface area contributed by atoms with Crippen LogP contribution in [0, 0.1) is 23.2 Å².